The minimum atomic E-state index is -3.72. The van der Waals surface area contributed by atoms with E-state index in [1.807, 2.05) is 6.92 Å². The summed E-state index contributed by atoms with van der Waals surface area (Å²) in [6, 6.07) is 11.1. The quantitative estimate of drug-likeness (QED) is 0.925. The van der Waals surface area contributed by atoms with Crippen molar-refractivity contribution in [2.45, 2.75) is 17.9 Å². The number of hydrogen-bond acceptors (Lipinski definition) is 4. The normalized spacial score (nSPS) is 12.7. The summed E-state index contributed by atoms with van der Waals surface area (Å²) in [4.78, 5) is 18.0. The summed E-state index contributed by atoms with van der Waals surface area (Å²) in [5, 5.41) is 5.07. The number of rotatable bonds is 4. The van der Waals surface area contributed by atoms with Crippen LogP contribution in [0.25, 0.3) is 0 Å². The second kappa shape index (κ2) is 6.25. The number of aromatic nitrogens is 1. The Morgan fingerprint density at radius 2 is 1.82 bits per heavy atom. The zero-order valence-corrected chi connectivity index (χ0v) is 13.1. The second-order valence-electron chi connectivity index (χ2n) is 4.92. The van der Waals surface area contributed by atoms with E-state index in [0.29, 0.717) is 5.69 Å². The molecular weight excluding hydrogens is 302 g/mol. The fraction of sp³-hybridized carbons (Fsp3) is 0.200. The highest BCUT2D eigenvalue weighted by Crippen LogP contribution is 2.21. The SMILES string of the molecule is C[C@@H](c1ccc(S(N)(=O)=O)cc1)N(C)C(=O)c1ccccn1. The van der Waals surface area contributed by atoms with Crippen LogP contribution >= 0.6 is 0 Å². The van der Waals surface area contributed by atoms with Crippen molar-refractivity contribution in [2.24, 2.45) is 5.14 Å². The summed E-state index contributed by atoms with van der Waals surface area (Å²) in [5.41, 5.74) is 1.16. The van der Waals surface area contributed by atoms with Crippen molar-refractivity contribution in [3.05, 3.63) is 59.9 Å². The van der Waals surface area contributed by atoms with Crippen molar-refractivity contribution in [1.29, 1.82) is 0 Å². The topological polar surface area (TPSA) is 93.4 Å². The molecule has 0 bridgehead atoms. The van der Waals surface area contributed by atoms with Crippen LogP contribution in [0.4, 0.5) is 0 Å². The fourth-order valence-electron chi connectivity index (χ4n) is 2.01. The largest absolute Gasteiger partial charge is 0.334 e. The van der Waals surface area contributed by atoms with Gasteiger partial charge >= 0.3 is 0 Å². The van der Waals surface area contributed by atoms with Crippen LogP contribution in [0.1, 0.15) is 29.0 Å². The summed E-state index contributed by atoms with van der Waals surface area (Å²) in [5.74, 6) is -0.205. The number of hydrogen-bond donors (Lipinski definition) is 1. The maximum absolute atomic E-state index is 12.3. The third kappa shape index (κ3) is 3.49. The van der Waals surface area contributed by atoms with E-state index in [0.717, 1.165) is 5.56 Å². The smallest absolute Gasteiger partial charge is 0.272 e. The predicted octanol–water partition coefficient (Wildman–Crippen LogP) is 1.56. The molecule has 1 aromatic heterocycles. The number of pyridine rings is 1. The van der Waals surface area contributed by atoms with Gasteiger partial charge in [-0.1, -0.05) is 18.2 Å². The van der Waals surface area contributed by atoms with Crippen LogP contribution in [0.15, 0.2) is 53.6 Å². The van der Waals surface area contributed by atoms with Crippen LogP contribution in [0.2, 0.25) is 0 Å². The molecule has 22 heavy (non-hydrogen) atoms. The Hall–Kier alpha value is -2.25. The summed E-state index contributed by atoms with van der Waals surface area (Å²) in [6.45, 7) is 1.85. The number of amides is 1. The third-order valence-corrected chi connectivity index (χ3v) is 4.41. The van der Waals surface area contributed by atoms with Gasteiger partial charge < -0.3 is 4.90 Å². The molecule has 1 heterocycles. The van der Waals surface area contributed by atoms with E-state index in [-0.39, 0.29) is 16.8 Å². The van der Waals surface area contributed by atoms with Gasteiger partial charge in [-0.05, 0) is 36.8 Å². The molecule has 116 valence electrons. The van der Waals surface area contributed by atoms with Crippen LogP contribution < -0.4 is 5.14 Å². The average Bonchev–Trinajstić information content (AvgIpc) is 2.53. The zero-order valence-electron chi connectivity index (χ0n) is 12.3. The molecule has 7 heteroatoms. The van der Waals surface area contributed by atoms with Gasteiger partial charge in [-0.25, -0.2) is 13.6 Å². The third-order valence-electron chi connectivity index (χ3n) is 3.48. The van der Waals surface area contributed by atoms with Crippen LogP contribution in [-0.2, 0) is 10.0 Å². The number of primary sulfonamides is 1. The second-order valence-corrected chi connectivity index (χ2v) is 6.48. The molecule has 1 atom stereocenters. The van der Waals surface area contributed by atoms with E-state index in [1.165, 1.54) is 12.1 Å². The van der Waals surface area contributed by atoms with E-state index in [4.69, 9.17) is 5.14 Å². The molecule has 0 unspecified atom stereocenters. The van der Waals surface area contributed by atoms with E-state index in [2.05, 4.69) is 4.98 Å². The lowest BCUT2D eigenvalue weighted by Crippen LogP contribution is -2.30. The van der Waals surface area contributed by atoms with Gasteiger partial charge in [0.1, 0.15) is 5.69 Å². The molecular formula is C15H17N3O3S. The van der Waals surface area contributed by atoms with Gasteiger partial charge in [-0.3, -0.25) is 9.78 Å². The Morgan fingerprint density at radius 1 is 1.18 bits per heavy atom. The first-order valence-corrected chi connectivity index (χ1v) is 8.16. The first kappa shape index (κ1) is 16.1. The molecule has 0 fully saturated rings. The molecule has 0 aliphatic carbocycles. The number of carbonyl (C=O) groups is 1. The molecule has 0 saturated carbocycles. The molecule has 0 saturated heterocycles. The number of benzene rings is 1. The molecule has 0 aliphatic heterocycles. The van der Waals surface area contributed by atoms with E-state index >= 15 is 0 Å². The van der Waals surface area contributed by atoms with Crippen molar-refractivity contribution in [2.75, 3.05) is 7.05 Å². The first-order valence-electron chi connectivity index (χ1n) is 6.61. The summed E-state index contributed by atoms with van der Waals surface area (Å²) in [7, 11) is -2.04. The summed E-state index contributed by atoms with van der Waals surface area (Å²) < 4.78 is 22.5. The van der Waals surface area contributed by atoms with Crippen LogP contribution in [0.5, 0.6) is 0 Å². The lowest BCUT2D eigenvalue weighted by atomic mass is 10.1. The van der Waals surface area contributed by atoms with E-state index in [9.17, 15) is 13.2 Å². The standard InChI is InChI=1S/C15H17N3O3S/c1-11(12-6-8-13(9-7-12)22(16,20)21)18(2)15(19)14-5-3-4-10-17-14/h3-11H,1-2H3,(H2,16,20,21)/t11-/m0/s1. The van der Waals surface area contributed by atoms with Gasteiger partial charge in [0.15, 0.2) is 0 Å². The summed E-state index contributed by atoms with van der Waals surface area (Å²) in [6.07, 6.45) is 1.56. The molecule has 6 nitrogen and oxygen atoms in total. The number of sulfonamides is 1. The van der Waals surface area contributed by atoms with Gasteiger partial charge in [0, 0.05) is 13.2 Å². The zero-order chi connectivity index (χ0) is 16.3. The molecule has 0 aliphatic rings. The Bertz CT molecular complexity index is 758. The lowest BCUT2D eigenvalue weighted by Gasteiger charge is -2.25. The molecule has 0 spiro atoms. The summed E-state index contributed by atoms with van der Waals surface area (Å²) >= 11 is 0. The number of carbonyl (C=O) groups excluding carboxylic acids is 1. The average molecular weight is 319 g/mol. The molecule has 0 radical (unpaired) electrons. The Morgan fingerprint density at radius 3 is 2.32 bits per heavy atom. The fourth-order valence-corrected chi connectivity index (χ4v) is 2.52. The van der Waals surface area contributed by atoms with Gasteiger partial charge in [0.25, 0.3) is 5.91 Å². The Labute approximate surface area is 129 Å². The minimum absolute atomic E-state index is 0.0437. The molecule has 2 N–H and O–H groups in total. The minimum Gasteiger partial charge on any atom is -0.334 e. The van der Waals surface area contributed by atoms with Gasteiger partial charge in [0.2, 0.25) is 10.0 Å². The van der Waals surface area contributed by atoms with Gasteiger partial charge in [0.05, 0.1) is 10.9 Å². The molecule has 1 aromatic carbocycles. The molecule has 2 aromatic rings. The van der Waals surface area contributed by atoms with E-state index in [1.54, 1.807) is 48.5 Å². The molecule has 2 rings (SSSR count). The van der Waals surface area contributed by atoms with Crippen molar-refractivity contribution < 1.29 is 13.2 Å². The van der Waals surface area contributed by atoms with Crippen LogP contribution in [0, 0.1) is 0 Å². The number of nitrogens with zero attached hydrogens (tertiary/aromatic N) is 2. The maximum atomic E-state index is 12.3. The van der Waals surface area contributed by atoms with Crippen molar-refractivity contribution >= 4 is 15.9 Å². The highest BCUT2D eigenvalue weighted by Gasteiger charge is 2.20. The van der Waals surface area contributed by atoms with Crippen molar-refractivity contribution in [1.82, 2.24) is 9.88 Å². The predicted molar refractivity (Wildman–Crippen MR) is 82.6 cm³/mol. The Kier molecular flexibility index (Phi) is 4.58. The van der Waals surface area contributed by atoms with Crippen LogP contribution in [-0.4, -0.2) is 31.3 Å². The van der Waals surface area contributed by atoms with Crippen LogP contribution in [0.3, 0.4) is 0 Å². The first-order chi connectivity index (χ1) is 10.3. The number of nitrogens with two attached hydrogens (primary N) is 1. The lowest BCUT2D eigenvalue weighted by molar-refractivity contribution is 0.0736. The van der Waals surface area contributed by atoms with E-state index < -0.39 is 10.0 Å². The van der Waals surface area contributed by atoms with Gasteiger partial charge in [-0.15, -0.1) is 0 Å². The van der Waals surface area contributed by atoms with Crippen molar-refractivity contribution in [3.63, 3.8) is 0 Å². The maximum Gasteiger partial charge on any atom is 0.272 e. The Balaban J connectivity index is 2.20. The van der Waals surface area contributed by atoms with Gasteiger partial charge in [-0.2, -0.15) is 0 Å². The monoisotopic (exact) mass is 319 g/mol. The van der Waals surface area contributed by atoms with Crippen molar-refractivity contribution in [3.8, 4) is 0 Å². The molecule has 1 amide bonds. The highest BCUT2D eigenvalue weighted by molar-refractivity contribution is 7.89. The highest BCUT2D eigenvalue weighted by atomic mass is 32.2.